The quantitative estimate of drug-likeness (QED) is 0.818. The van der Waals surface area contributed by atoms with Gasteiger partial charge in [0.05, 0.1) is 11.5 Å². The van der Waals surface area contributed by atoms with Crippen molar-refractivity contribution in [3.63, 3.8) is 0 Å². The van der Waals surface area contributed by atoms with Crippen LogP contribution < -0.4 is 0 Å². The first-order valence-corrected chi connectivity index (χ1v) is 6.93. The van der Waals surface area contributed by atoms with Gasteiger partial charge < -0.3 is 9.47 Å². The third-order valence-electron chi connectivity index (χ3n) is 3.75. The Morgan fingerprint density at radius 2 is 1.89 bits per heavy atom. The summed E-state index contributed by atoms with van der Waals surface area (Å²) in [4.78, 5) is 12.6. The highest BCUT2D eigenvalue weighted by Gasteiger charge is 2.41. The molecular weight excluding hydrogens is 240 g/mol. The number of carbonyl (C=O) groups is 1. The molecule has 0 radical (unpaired) electrons. The fraction of sp³-hybridized carbons (Fsp3) is 0.562. The van der Waals surface area contributed by atoms with E-state index in [4.69, 9.17) is 9.47 Å². The molecule has 3 nitrogen and oxygen atoms in total. The van der Waals surface area contributed by atoms with Gasteiger partial charge in [-0.1, -0.05) is 30.3 Å². The fourth-order valence-electron chi connectivity index (χ4n) is 2.59. The van der Waals surface area contributed by atoms with E-state index in [9.17, 15) is 4.79 Å². The molecule has 1 aliphatic rings. The van der Waals surface area contributed by atoms with Crippen LogP contribution in [-0.4, -0.2) is 31.7 Å². The molecule has 0 aromatic heterocycles. The summed E-state index contributed by atoms with van der Waals surface area (Å²) < 4.78 is 10.9. The van der Waals surface area contributed by atoms with Gasteiger partial charge in [0, 0.05) is 13.2 Å². The molecule has 104 valence electrons. The molecule has 3 heteroatoms. The second-order valence-electron chi connectivity index (χ2n) is 5.34. The minimum absolute atomic E-state index is 0.0802. The summed E-state index contributed by atoms with van der Waals surface area (Å²) in [6.45, 7) is 5.37. The predicted molar refractivity (Wildman–Crippen MR) is 74.3 cm³/mol. The molecule has 1 saturated heterocycles. The average Bonchev–Trinajstić information content (AvgIpc) is 2.46. The molecular formula is C16H22O3. The molecule has 0 aliphatic carbocycles. The normalized spacial score (nSPS) is 18.5. The van der Waals surface area contributed by atoms with Crippen LogP contribution in [0.4, 0.5) is 0 Å². The third kappa shape index (κ3) is 3.23. The van der Waals surface area contributed by atoms with Gasteiger partial charge in [0.1, 0.15) is 6.61 Å². The van der Waals surface area contributed by atoms with Gasteiger partial charge in [-0.25, -0.2) is 0 Å². The Balaban J connectivity index is 2.22. The predicted octanol–water partition coefficient (Wildman–Crippen LogP) is 2.73. The van der Waals surface area contributed by atoms with Gasteiger partial charge >= 0.3 is 0 Å². The summed E-state index contributed by atoms with van der Waals surface area (Å²) in [5.41, 5.74) is 0.671. The van der Waals surface area contributed by atoms with Crippen molar-refractivity contribution >= 4 is 5.78 Å². The highest BCUT2D eigenvalue weighted by atomic mass is 16.5. The standard InChI is InChI=1S/C16H22O3/c1-13(2)19-12-15(17)16(8-10-18-11-9-16)14-6-4-3-5-7-14/h3-7,13H,8-12H2,1-2H3. The number of ketones is 1. The Morgan fingerprint density at radius 3 is 2.47 bits per heavy atom. The van der Waals surface area contributed by atoms with Crippen LogP contribution in [0.2, 0.25) is 0 Å². The fourth-order valence-corrected chi connectivity index (χ4v) is 2.59. The van der Waals surface area contributed by atoms with Gasteiger partial charge in [-0.3, -0.25) is 4.79 Å². The Hall–Kier alpha value is -1.19. The molecule has 0 amide bonds. The minimum atomic E-state index is -0.422. The van der Waals surface area contributed by atoms with Crippen LogP contribution in [-0.2, 0) is 19.7 Å². The number of benzene rings is 1. The molecule has 0 atom stereocenters. The molecule has 1 aromatic rings. The monoisotopic (exact) mass is 262 g/mol. The highest BCUT2D eigenvalue weighted by Crippen LogP contribution is 2.35. The van der Waals surface area contributed by atoms with E-state index in [2.05, 4.69) is 0 Å². The summed E-state index contributed by atoms with van der Waals surface area (Å²) in [6.07, 6.45) is 1.57. The maximum absolute atomic E-state index is 12.6. The molecule has 0 unspecified atom stereocenters. The molecule has 2 rings (SSSR count). The molecule has 0 N–H and O–H groups in total. The molecule has 1 heterocycles. The molecule has 1 fully saturated rings. The van der Waals surface area contributed by atoms with Crippen molar-refractivity contribution in [3.8, 4) is 0 Å². The Kier molecular flexibility index (Phi) is 4.72. The van der Waals surface area contributed by atoms with Crippen molar-refractivity contribution in [3.05, 3.63) is 35.9 Å². The van der Waals surface area contributed by atoms with E-state index >= 15 is 0 Å². The Morgan fingerprint density at radius 1 is 1.26 bits per heavy atom. The lowest BCUT2D eigenvalue weighted by atomic mass is 9.71. The zero-order valence-electron chi connectivity index (χ0n) is 11.7. The molecule has 19 heavy (non-hydrogen) atoms. The van der Waals surface area contributed by atoms with Crippen LogP contribution in [0.5, 0.6) is 0 Å². The van der Waals surface area contributed by atoms with Gasteiger partial charge in [0.15, 0.2) is 5.78 Å². The zero-order valence-corrected chi connectivity index (χ0v) is 11.7. The highest BCUT2D eigenvalue weighted by molar-refractivity contribution is 5.91. The maximum Gasteiger partial charge on any atom is 0.169 e. The van der Waals surface area contributed by atoms with E-state index in [1.54, 1.807) is 0 Å². The van der Waals surface area contributed by atoms with Crippen molar-refractivity contribution in [2.45, 2.75) is 38.2 Å². The van der Waals surface area contributed by atoms with E-state index in [1.807, 2.05) is 44.2 Å². The van der Waals surface area contributed by atoms with Crippen molar-refractivity contribution in [2.24, 2.45) is 0 Å². The van der Waals surface area contributed by atoms with Crippen LogP contribution in [0.25, 0.3) is 0 Å². The molecule has 0 saturated carbocycles. The average molecular weight is 262 g/mol. The number of hydrogen-bond acceptors (Lipinski definition) is 3. The number of ether oxygens (including phenoxy) is 2. The lowest BCUT2D eigenvalue weighted by Gasteiger charge is -2.36. The third-order valence-corrected chi connectivity index (χ3v) is 3.75. The van der Waals surface area contributed by atoms with Crippen molar-refractivity contribution in [2.75, 3.05) is 19.8 Å². The van der Waals surface area contributed by atoms with E-state index in [0.717, 1.165) is 18.4 Å². The summed E-state index contributed by atoms with van der Waals surface area (Å²) in [5, 5.41) is 0. The first kappa shape index (κ1) is 14.2. The van der Waals surface area contributed by atoms with E-state index in [-0.39, 0.29) is 18.5 Å². The summed E-state index contributed by atoms with van der Waals surface area (Å²) in [7, 11) is 0. The van der Waals surface area contributed by atoms with Crippen LogP contribution >= 0.6 is 0 Å². The topological polar surface area (TPSA) is 35.5 Å². The van der Waals surface area contributed by atoms with Crippen LogP contribution in [0.15, 0.2) is 30.3 Å². The molecule has 0 bridgehead atoms. The SMILES string of the molecule is CC(C)OCC(=O)C1(c2ccccc2)CCOCC1. The number of carbonyl (C=O) groups excluding carboxylic acids is 1. The van der Waals surface area contributed by atoms with E-state index in [1.165, 1.54) is 0 Å². The van der Waals surface area contributed by atoms with Crippen molar-refractivity contribution in [1.82, 2.24) is 0 Å². The number of rotatable bonds is 5. The maximum atomic E-state index is 12.6. The van der Waals surface area contributed by atoms with Crippen LogP contribution in [0.3, 0.4) is 0 Å². The van der Waals surface area contributed by atoms with Crippen LogP contribution in [0.1, 0.15) is 32.3 Å². The van der Waals surface area contributed by atoms with Crippen molar-refractivity contribution in [1.29, 1.82) is 0 Å². The Bertz CT molecular complexity index is 405. The largest absolute Gasteiger partial charge is 0.381 e. The lowest BCUT2D eigenvalue weighted by molar-refractivity contribution is -0.134. The second-order valence-corrected chi connectivity index (χ2v) is 5.34. The van der Waals surface area contributed by atoms with Gasteiger partial charge in [0.2, 0.25) is 0 Å². The van der Waals surface area contributed by atoms with Gasteiger partial charge in [-0.2, -0.15) is 0 Å². The minimum Gasteiger partial charge on any atom is -0.381 e. The summed E-state index contributed by atoms with van der Waals surface area (Å²) >= 11 is 0. The second kappa shape index (κ2) is 6.31. The molecule has 0 spiro atoms. The molecule has 1 aromatic carbocycles. The lowest BCUT2D eigenvalue weighted by Crippen LogP contribution is -2.43. The smallest absolute Gasteiger partial charge is 0.169 e. The van der Waals surface area contributed by atoms with Gasteiger partial charge in [0.25, 0.3) is 0 Å². The van der Waals surface area contributed by atoms with E-state index < -0.39 is 5.41 Å². The van der Waals surface area contributed by atoms with Crippen molar-refractivity contribution < 1.29 is 14.3 Å². The number of hydrogen-bond donors (Lipinski definition) is 0. The van der Waals surface area contributed by atoms with Gasteiger partial charge in [-0.15, -0.1) is 0 Å². The summed E-state index contributed by atoms with van der Waals surface area (Å²) in [5.74, 6) is 0.177. The Labute approximate surface area is 114 Å². The van der Waals surface area contributed by atoms with Gasteiger partial charge in [-0.05, 0) is 32.3 Å². The zero-order chi connectivity index (χ0) is 13.7. The first-order valence-electron chi connectivity index (χ1n) is 6.93. The summed E-state index contributed by atoms with van der Waals surface area (Å²) in [6, 6.07) is 10.0. The van der Waals surface area contributed by atoms with Crippen LogP contribution in [0, 0.1) is 0 Å². The first-order chi connectivity index (χ1) is 9.15. The van der Waals surface area contributed by atoms with E-state index in [0.29, 0.717) is 13.2 Å². The number of Topliss-reactive ketones (excluding diaryl/α,β-unsaturated/α-hetero) is 1. The molecule has 1 aliphatic heterocycles.